The van der Waals surface area contributed by atoms with Crippen LogP contribution >= 0.6 is 0 Å². The van der Waals surface area contributed by atoms with Crippen LogP contribution in [-0.4, -0.2) is 11.0 Å². The average molecular weight is 267 g/mol. The molecule has 5 nitrogen and oxygen atoms in total. The van der Waals surface area contributed by atoms with E-state index in [9.17, 15) is 9.90 Å². The summed E-state index contributed by atoms with van der Waals surface area (Å²) >= 11 is 0. The predicted octanol–water partition coefficient (Wildman–Crippen LogP) is 2.41. The Balaban J connectivity index is 2.28. The van der Waals surface area contributed by atoms with Crippen LogP contribution in [0.2, 0.25) is 0 Å². The lowest BCUT2D eigenvalue weighted by molar-refractivity contribution is 0.102. The first-order valence-electron chi connectivity index (χ1n) is 5.92. The van der Waals surface area contributed by atoms with E-state index in [1.807, 2.05) is 13.0 Å². The maximum atomic E-state index is 12.1. The molecule has 0 spiro atoms. The molecule has 0 aromatic heterocycles. The number of carbonyl (C=O) groups is 1. The number of nitrogens with one attached hydrogen (secondary N) is 1. The van der Waals surface area contributed by atoms with Crippen LogP contribution in [0.3, 0.4) is 0 Å². The van der Waals surface area contributed by atoms with Gasteiger partial charge in [-0.3, -0.25) is 4.79 Å². The molecule has 0 atom stereocenters. The number of phenols is 1. The van der Waals surface area contributed by atoms with Crippen molar-refractivity contribution >= 4 is 17.3 Å². The molecule has 0 aliphatic carbocycles. The van der Waals surface area contributed by atoms with Crippen LogP contribution in [0.15, 0.2) is 36.4 Å². The third-order valence-electron chi connectivity index (χ3n) is 2.91. The summed E-state index contributed by atoms with van der Waals surface area (Å²) in [6.07, 6.45) is 0. The van der Waals surface area contributed by atoms with E-state index in [1.165, 1.54) is 18.2 Å². The fraction of sp³-hybridized carbons (Fsp3) is 0.0667. The zero-order chi connectivity index (χ0) is 14.7. The normalized spacial score (nSPS) is 9.80. The first-order chi connectivity index (χ1) is 9.51. The van der Waals surface area contributed by atoms with Crippen molar-refractivity contribution in [3.63, 3.8) is 0 Å². The molecule has 4 N–H and O–H groups in total. The highest BCUT2D eigenvalue weighted by molar-refractivity contribution is 6.05. The topological polar surface area (TPSA) is 99.1 Å². The number of phenolic OH excluding ortho intramolecular Hbond substituents is 1. The van der Waals surface area contributed by atoms with E-state index in [1.54, 1.807) is 18.2 Å². The molecule has 0 heterocycles. The predicted molar refractivity (Wildman–Crippen MR) is 76.4 cm³/mol. The minimum absolute atomic E-state index is 0.139. The number of aromatic hydroxyl groups is 1. The van der Waals surface area contributed by atoms with Crippen molar-refractivity contribution in [3.8, 4) is 11.8 Å². The van der Waals surface area contributed by atoms with Crippen molar-refractivity contribution in [2.75, 3.05) is 11.1 Å². The van der Waals surface area contributed by atoms with Crippen molar-refractivity contribution in [3.05, 3.63) is 53.1 Å². The molecule has 0 saturated carbocycles. The Morgan fingerprint density at radius 3 is 2.70 bits per heavy atom. The van der Waals surface area contributed by atoms with Crippen molar-refractivity contribution in [2.45, 2.75) is 6.92 Å². The van der Waals surface area contributed by atoms with Crippen LogP contribution in [0.1, 0.15) is 21.5 Å². The van der Waals surface area contributed by atoms with E-state index in [4.69, 9.17) is 11.0 Å². The highest BCUT2D eigenvalue weighted by Crippen LogP contribution is 2.22. The quantitative estimate of drug-likeness (QED) is 0.574. The smallest absolute Gasteiger partial charge is 0.255 e. The van der Waals surface area contributed by atoms with Gasteiger partial charge in [0.05, 0.1) is 17.3 Å². The lowest BCUT2D eigenvalue weighted by atomic mass is 10.1. The second-order valence-electron chi connectivity index (χ2n) is 4.37. The van der Waals surface area contributed by atoms with Gasteiger partial charge in [-0.25, -0.2) is 0 Å². The summed E-state index contributed by atoms with van der Waals surface area (Å²) in [7, 11) is 0. The zero-order valence-corrected chi connectivity index (χ0v) is 10.8. The molecule has 20 heavy (non-hydrogen) atoms. The molecular formula is C15H13N3O2. The molecule has 0 aliphatic heterocycles. The number of hydrogen-bond donors (Lipinski definition) is 3. The Hall–Kier alpha value is -3.00. The monoisotopic (exact) mass is 267 g/mol. The molecule has 2 rings (SSSR count). The molecule has 0 saturated heterocycles. The number of nitrogens with two attached hydrogens (primary N) is 1. The molecule has 0 radical (unpaired) electrons. The number of nitriles is 1. The Morgan fingerprint density at radius 1 is 1.30 bits per heavy atom. The van der Waals surface area contributed by atoms with E-state index in [2.05, 4.69) is 5.32 Å². The highest BCUT2D eigenvalue weighted by atomic mass is 16.3. The first-order valence-corrected chi connectivity index (χ1v) is 5.92. The fourth-order valence-electron chi connectivity index (χ4n) is 1.71. The lowest BCUT2D eigenvalue weighted by Crippen LogP contribution is -2.13. The summed E-state index contributed by atoms with van der Waals surface area (Å²) in [5.41, 5.74) is 7.86. The van der Waals surface area contributed by atoms with E-state index >= 15 is 0 Å². The molecule has 0 bridgehead atoms. The molecule has 0 aliphatic rings. The van der Waals surface area contributed by atoms with Crippen LogP contribution < -0.4 is 11.1 Å². The Labute approximate surface area is 116 Å². The number of anilines is 2. The van der Waals surface area contributed by atoms with Gasteiger partial charge in [-0.1, -0.05) is 6.07 Å². The second-order valence-corrected chi connectivity index (χ2v) is 4.37. The maximum Gasteiger partial charge on any atom is 0.255 e. The summed E-state index contributed by atoms with van der Waals surface area (Å²) in [5.74, 6) is -0.515. The zero-order valence-electron chi connectivity index (χ0n) is 10.8. The summed E-state index contributed by atoms with van der Waals surface area (Å²) in [4.78, 5) is 12.1. The van der Waals surface area contributed by atoms with Gasteiger partial charge in [0.1, 0.15) is 5.75 Å². The molecule has 5 heteroatoms. The number of nitrogen functional groups attached to an aromatic ring is 1. The van der Waals surface area contributed by atoms with Crippen molar-refractivity contribution < 1.29 is 9.90 Å². The number of carbonyl (C=O) groups excluding carboxylic acids is 1. The van der Waals surface area contributed by atoms with Crippen molar-refractivity contribution in [2.24, 2.45) is 0 Å². The van der Waals surface area contributed by atoms with Crippen LogP contribution in [0, 0.1) is 18.3 Å². The lowest BCUT2D eigenvalue weighted by Gasteiger charge is -2.09. The van der Waals surface area contributed by atoms with E-state index in [0.717, 1.165) is 5.56 Å². The van der Waals surface area contributed by atoms with Gasteiger partial charge in [0.15, 0.2) is 0 Å². The average Bonchev–Trinajstić information content (AvgIpc) is 2.44. The van der Waals surface area contributed by atoms with Gasteiger partial charge >= 0.3 is 0 Å². The molecule has 0 unspecified atom stereocenters. The Bertz CT molecular complexity index is 718. The molecule has 0 fully saturated rings. The molecule has 100 valence electrons. The SMILES string of the molecule is Cc1ccc(C#N)cc1NC(=O)c1ccc(N)c(O)c1. The first kappa shape index (κ1) is 13.4. The fourth-order valence-corrected chi connectivity index (χ4v) is 1.71. The number of benzene rings is 2. The standard InChI is InChI=1S/C15H13N3O2/c1-9-2-3-10(8-16)6-13(9)18-15(20)11-4-5-12(17)14(19)7-11/h2-7,19H,17H2,1H3,(H,18,20). The minimum atomic E-state index is -0.376. The number of amides is 1. The van der Waals surface area contributed by atoms with E-state index < -0.39 is 0 Å². The number of hydrogen-bond acceptors (Lipinski definition) is 4. The van der Waals surface area contributed by atoms with Crippen molar-refractivity contribution in [1.29, 1.82) is 5.26 Å². The van der Waals surface area contributed by atoms with Crippen LogP contribution in [-0.2, 0) is 0 Å². The number of aryl methyl sites for hydroxylation is 1. The van der Waals surface area contributed by atoms with Gasteiger partial charge in [-0.05, 0) is 42.8 Å². The summed E-state index contributed by atoms with van der Waals surface area (Å²) < 4.78 is 0. The Morgan fingerprint density at radius 2 is 2.05 bits per heavy atom. The molecular weight excluding hydrogens is 254 g/mol. The minimum Gasteiger partial charge on any atom is -0.506 e. The van der Waals surface area contributed by atoms with Gasteiger partial charge in [0.25, 0.3) is 5.91 Å². The van der Waals surface area contributed by atoms with Gasteiger partial charge < -0.3 is 16.2 Å². The van der Waals surface area contributed by atoms with E-state index in [-0.39, 0.29) is 17.3 Å². The van der Waals surface area contributed by atoms with Crippen LogP contribution in [0.25, 0.3) is 0 Å². The Kier molecular flexibility index (Phi) is 3.58. The third-order valence-corrected chi connectivity index (χ3v) is 2.91. The van der Waals surface area contributed by atoms with Gasteiger partial charge in [0, 0.05) is 11.3 Å². The van der Waals surface area contributed by atoms with Crippen LogP contribution in [0.5, 0.6) is 5.75 Å². The molecule has 2 aromatic carbocycles. The highest BCUT2D eigenvalue weighted by Gasteiger charge is 2.10. The van der Waals surface area contributed by atoms with Gasteiger partial charge in [0.2, 0.25) is 0 Å². The number of rotatable bonds is 2. The van der Waals surface area contributed by atoms with Gasteiger partial charge in [-0.15, -0.1) is 0 Å². The summed E-state index contributed by atoms with van der Waals surface area (Å²) in [6, 6.07) is 11.3. The third kappa shape index (κ3) is 2.70. The molecule has 1 amide bonds. The van der Waals surface area contributed by atoms with Gasteiger partial charge in [-0.2, -0.15) is 5.26 Å². The number of nitrogens with zero attached hydrogens (tertiary/aromatic N) is 1. The summed E-state index contributed by atoms with van der Waals surface area (Å²) in [6.45, 7) is 1.83. The van der Waals surface area contributed by atoms with E-state index in [0.29, 0.717) is 16.8 Å². The molecule has 2 aromatic rings. The maximum absolute atomic E-state index is 12.1. The summed E-state index contributed by atoms with van der Waals surface area (Å²) in [5, 5.41) is 21.1. The second kappa shape index (κ2) is 5.33. The largest absolute Gasteiger partial charge is 0.506 e. The van der Waals surface area contributed by atoms with Crippen molar-refractivity contribution in [1.82, 2.24) is 0 Å². The van der Waals surface area contributed by atoms with Crippen LogP contribution in [0.4, 0.5) is 11.4 Å².